The molecule has 0 fully saturated rings. The summed E-state index contributed by atoms with van der Waals surface area (Å²) in [6.07, 6.45) is 3.74. The van der Waals surface area contributed by atoms with Crippen molar-refractivity contribution in [3.8, 4) is 0 Å². The first-order valence-electron chi connectivity index (χ1n) is 6.33. The Hall–Kier alpha value is -2.43. The number of anilines is 1. The number of nitrogens with zero attached hydrogens (tertiary/aromatic N) is 1. The SMILES string of the molecule is CCC(=O)c1ccn(CC(=O)Nc2cccc(F)c2)c1. The van der Waals surface area contributed by atoms with Crippen molar-refractivity contribution in [2.75, 3.05) is 5.32 Å². The van der Waals surface area contributed by atoms with E-state index in [1.165, 1.54) is 18.2 Å². The van der Waals surface area contributed by atoms with Crippen LogP contribution in [-0.4, -0.2) is 16.3 Å². The van der Waals surface area contributed by atoms with Crippen LogP contribution in [0.4, 0.5) is 10.1 Å². The predicted octanol–water partition coefficient (Wildman–Crippen LogP) is 2.86. The van der Waals surface area contributed by atoms with E-state index in [1.54, 1.807) is 36.0 Å². The maximum absolute atomic E-state index is 13.0. The molecular weight excluding hydrogens is 259 g/mol. The number of amides is 1. The Morgan fingerprint density at radius 2 is 2.10 bits per heavy atom. The Labute approximate surface area is 116 Å². The van der Waals surface area contributed by atoms with E-state index in [-0.39, 0.29) is 18.2 Å². The number of carbonyl (C=O) groups is 2. The molecule has 2 rings (SSSR count). The van der Waals surface area contributed by atoms with Gasteiger partial charge in [-0.25, -0.2) is 4.39 Å². The number of ketones is 1. The molecule has 0 aliphatic carbocycles. The molecule has 0 atom stereocenters. The fourth-order valence-corrected chi connectivity index (χ4v) is 1.84. The van der Waals surface area contributed by atoms with Crippen molar-refractivity contribution in [2.45, 2.75) is 19.9 Å². The summed E-state index contributed by atoms with van der Waals surface area (Å²) in [7, 11) is 0. The van der Waals surface area contributed by atoms with Crippen molar-refractivity contribution >= 4 is 17.4 Å². The van der Waals surface area contributed by atoms with Gasteiger partial charge in [0.15, 0.2) is 5.78 Å². The van der Waals surface area contributed by atoms with Gasteiger partial charge in [-0.05, 0) is 24.3 Å². The topological polar surface area (TPSA) is 51.1 Å². The van der Waals surface area contributed by atoms with Gasteiger partial charge in [0, 0.05) is 30.1 Å². The van der Waals surface area contributed by atoms with Crippen LogP contribution in [-0.2, 0) is 11.3 Å². The van der Waals surface area contributed by atoms with Crippen LogP contribution in [0.25, 0.3) is 0 Å². The van der Waals surface area contributed by atoms with Gasteiger partial charge in [-0.3, -0.25) is 9.59 Å². The van der Waals surface area contributed by atoms with Gasteiger partial charge in [0.05, 0.1) is 0 Å². The van der Waals surface area contributed by atoms with E-state index < -0.39 is 5.82 Å². The Kier molecular flexibility index (Phi) is 4.30. The van der Waals surface area contributed by atoms with Gasteiger partial charge in [-0.1, -0.05) is 13.0 Å². The number of Topliss-reactive ketones (excluding diaryl/α,β-unsaturated/α-hetero) is 1. The second kappa shape index (κ2) is 6.14. The van der Waals surface area contributed by atoms with Gasteiger partial charge in [0.2, 0.25) is 5.91 Å². The first kappa shape index (κ1) is 14.0. The quantitative estimate of drug-likeness (QED) is 0.852. The summed E-state index contributed by atoms with van der Waals surface area (Å²) in [5, 5.41) is 2.60. The molecule has 1 amide bonds. The third-order valence-corrected chi connectivity index (χ3v) is 2.83. The fourth-order valence-electron chi connectivity index (χ4n) is 1.84. The second-order valence-electron chi connectivity index (χ2n) is 4.41. The molecule has 0 aliphatic heterocycles. The number of halogens is 1. The van der Waals surface area contributed by atoms with Crippen LogP contribution in [0, 0.1) is 5.82 Å². The van der Waals surface area contributed by atoms with E-state index in [2.05, 4.69) is 5.32 Å². The molecule has 1 aromatic heterocycles. The zero-order valence-corrected chi connectivity index (χ0v) is 11.1. The minimum atomic E-state index is -0.403. The first-order valence-corrected chi connectivity index (χ1v) is 6.33. The normalized spacial score (nSPS) is 10.3. The van der Waals surface area contributed by atoms with Gasteiger partial charge < -0.3 is 9.88 Å². The average molecular weight is 274 g/mol. The van der Waals surface area contributed by atoms with E-state index in [0.29, 0.717) is 17.7 Å². The number of carbonyl (C=O) groups excluding carboxylic acids is 2. The molecule has 20 heavy (non-hydrogen) atoms. The maximum atomic E-state index is 13.0. The number of aromatic nitrogens is 1. The number of rotatable bonds is 5. The first-order chi connectivity index (χ1) is 9.58. The lowest BCUT2D eigenvalue weighted by atomic mass is 10.2. The highest BCUT2D eigenvalue weighted by Crippen LogP contribution is 2.10. The molecule has 1 heterocycles. The molecular formula is C15H15FN2O2. The van der Waals surface area contributed by atoms with Crippen molar-refractivity contribution in [1.29, 1.82) is 0 Å². The molecule has 0 spiro atoms. The third-order valence-electron chi connectivity index (χ3n) is 2.83. The van der Waals surface area contributed by atoms with E-state index in [0.717, 1.165) is 0 Å². The molecule has 4 nitrogen and oxygen atoms in total. The molecule has 0 aliphatic rings. The molecule has 2 aromatic rings. The predicted molar refractivity (Wildman–Crippen MR) is 74.1 cm³/mol. The van der Waals surface area contributed by atoms with Crippen LogP contribution in [0.15, 0.2) is 42.7 Å². The van der Waals surface area contributed by atoms with E-state index in [1.807, 2.05) is 0 Å². The summed E-state index contributed by atoms with van der Waals surface area (Å²) in [5.41, 5.74) is 0.998. The number of benzene rings is 1. The zero-order chi connectivity index (χ0) is 14.5. The highest BCUT2D eigenvalue weighted by atomic mass is 19.1. The molecule has 0 bridgehead atoms. The summed E-state index contributed by atoms with van der Waals surface area (Å²) >= 11 is 0. The molecule has 0 radical (unpaired) electrons. The van der Waals surface area contributed by atoms with Gasteiger partial charge in [-0.15, -0.1) is 0 Å². The maximum Gasteiger partial charge on any atom is 0.244 e. The van der Waals surface area contributed by atoms with Gasteiger partial charge in [-0.2, -0.15) is 0 Å². The molecule has 0 unspecified atom stereocenters. The Morgan fingerprint density at radius 1 is 1.30 bits per heavy atom. The monoisotopic (exact) mass is 274 g/mol. The molecule has 0 saturated heterocycles. The minimum absolute atomic E-state index is 0.0364. The number of hydrogen-bond acceptors (Lipinski definition) is 2. The lowest BCUT2D eigenvalue weighted by Gasteiger charge is -2.06. The second-order valence-corrected chi connectivity index (χ2v) is 4.41. The molecule has 104 valence electrons. The van der Waals surface area contributed by atoms with Crippen LogP contribution in [0.1, 0.15) is 23.7 Å². The summed E-state index contributed by atoms with van der Waals surface area (Å²) in [4.78, 5) is 23.3. The third kappa shape index (κ3) is 3.54. The van der Waals surface area contributed by atoms with Gasteiger partial charge in [0.1, 0.15) is 12.4 Å². The summed E-state index contributed by atoms with van der Waals surface area (Å²) in [5.74, 6) is -0.643. The van der Waals surface area contributed by atoms with Crippen molar-refractivity contribution in [3.05, 3.63) is 54.1 Å². The van der Waals surface area contributed by atoms with Crippen molar-refractivity contribution < 1.29 is 14.0 Å². The Balaban J connectivity index is 1.98. The summed E-state index contributed by atoms with van der Waals surface area (Å²) < 4.78 is 14.6. The summed E-state index contributed by atoms with van der Waals surface area (Å²) in [6, 6.07) is 7.38. The Bertz CT molecular complexity index is 634. The van der Waals surface area contributed by atoms with E-state index in [4.69, 9.17) is 0 Å². The Morgan fingerprint density at radius 3 is 2.80 bits per heavy atom. The largest absolute Gasteiger partial charge is 0.344 e. The van der Waals surface area contributed by atoms with Crippen molar-refractivity contribution in [2.24, 2.45) is 0 Å². The standard InChI is InChI=1S/C15H15FN2O2/c1-2-14(19)11-6-7-18(9-11)10-15(20)17-13-5-3-4-12(16)8-13/h3-9H,2,10H2,1H3,(H,17,20). The fraction of sp³-hybridized carbons (Fsp3) is 0.200. The van der Waals surface area contributed by atoms with Crippen LogP contribution < -0.4 is 5.32 Å². The molecule has 1 aromatic carbocycles. The molecule has 5 heteroatoms. The highest BCUT2D eigenvalue weighted by Gasteiger charge is 2.08. The van der Waals surface area contributed by atoms with Crippen LogP contribution in [0.5, 0.6) is 0 Å². The molecule has 0 saturated carbocycles. The van der Waals surface area contributed by atoms with Crippen LogP contribution in [0.3, 0.4) is 0 Å². The minimum Gasteiger partial charge on any atom is -0.344 e. The highest BCUT2D eigenvalue weighted by molar-refractivity contribution is 5.96. The van der Waals surface area contributed by atoms with Crippen LogP contribution in [0.2, 0.25) is 0 Å². The average Bonchev–Trinajstić information content (AvgIpc) is 2.86. The summed E-state index contributed by atoms with van der Waals surface area (Å²) in [6.45, 7) is 1.86. The lowest BCUT2D eigenvalue weighted by molar-refractivity contribution is -0.116. The van der Waals surface area contributed by atoms with Crippen LogP contribution >= 0.6 is 0 Å². The number of nitrogens with one attached hydrogen (secondary N) is 1. The van der Waals surface area contributed by atoms with Gasteiger partial charge >= 0.3 is 0 Å². The lowest BCUT2D eigenvalue weighted by Crippen LogP contribution is -2.17. The number of hydrogen-bond donors (Lipinski definition) is 1. The van der Waals surface area contributed by atoms with E-state index >= 15 is 0 Å². The van der Waals surface area contributed by atoms with E-state index in [9.17, 15) is 14.0 Å². The zero-order valence-electron chi connectivity index (χ0n) is 11.1. The smallest absolute Gasteiger partial charge is 0.244 e. The van der Waals surface area contributed by atoms with Crippen molar-refractivity contribution in [3.63, 3.8) is 0 Å². The molecule has 1 N–H and O–H groups in total. The van der Waals surface area contributed by atoms with Gasteiger partial charge in [0.25, 0.3) is 0 Å². The van der Waals surface area contributed by atoms with Crippen molar-refractivity contribution in [1.82, 2.24) is 4.57 Å².